The molecule has 0 aromatic carbocycles. The predicted molar refractivity (Wildman–Crippen MR) is 84.7 cm³/mol. The van der Waals surface area contributed by atoms with Crippen molar-refractivity contribution in [1.82, 2.24) is 15.1 Å². The fourth-order valence-electron chi connectivity index (χ4n) is 3.24. The summed E-state index contributed by atoms with van der Waals surface area (Å²) >= 11 is 0. The van der Waals surface area contributed by atoms with E-state index >= 15 is 0 Å². The lowest BCUT2D eigenvalue weighted by Gasteiger charge is -2.26. The third-order valence-corrected chi connectivity index (χ3v) is 4.50. The van der Waals surface area contributed by atoms with E-state index in [9.17, 15) is 0 Å². The number of aromatic nitrogens is 2. The molecule has 0 unspecified atom stereocenters. The minimum absolute atomic E-state index is 0.124. The van der Waals surface area contributed by atoms with Gasteiger partial charge in [-0.1, -0.05) is 40.5 Å². The van der Waals surface area contributed by atoms with Crippen LogP contribution in [0, 0.1) is 11.8 Å². The Bertz CT molecular complexity index is 420. The highest BCUT2D eigenvalue weighted by Gasteiger charge is 2.22. The fourth-order valence-corrected chi connectivity index (χ4v) is 3.24. The van der Waals surface area contributed by atoms with Gasteiger partial charge in [0, 0.05) is 30.8 Å². The summed E-state index contributed by atoms with van der Waals surface area (Å²) in [5, 5.41) is 8.29. The van der Waals surface area contributed by atoms with Gasteiger partial charge in [-0.05, 0) is 31.2 Å². The van der Waals surface area contributed by atoms with Crippen LogP contribution in [0.25, 0.3) is 0 Å². The number of rotatable bonds is 4. The highest BCUT2D eigenvalue weighted by Crippen LogP contribution is 2.28. The molecule has 1 saturated carbocycles. The van der Waals surface area contributed by atoms with E-state index in [0.29, 0.717) is 0 Å². The maximum absolute atomic E-state index is 4.63. The summed E-state index contributed by atoms with van der Waals surface area (Å²) in [6, 6.07) is 0. The molecule has 114 valence electrons. The Balaban J connectivity index is 1.85. The molecule has 0 spiro atoms. The van der Waals surface area contributed by atoms with Gasteiger partial charge in [-0.2, -0.15) is 5.10 Å². The zero-order chi connectivity index (χ0) is 14.8. The van der Waals surface area contributed by atoms with Crippen molar-refractivity contribution in [3.63, 3.8) is 0 Å². The van der Waals surface area contributed by atoms with E-state index in [-0.39, 0.29) is 5.41 Å². The van der Waals surface area contributed by atoms with Crippen LogP contribution in [0.3, 0.4) is 0 Å². The van der Waals surface area contributed by atoms with E-state index in [1.54, 1.807) is 0 Å². The molecule has 20 heavy (non-hydrogen) atoms. The molecular weight excluding hydrogens is 246 g/mol. The van der Waals surface area contributed by atoms with Gasteiger partial charge in [0.15, 0.2) is 0 Å². The van der Waals surface area contributed by atoms with Gasteiger partial charge in [-0.25, -0.2) is 0 Å². The normalized spacial score (nSPS) is 24.1. The predicted octanol–water partition coefficient (Wildman–Crippen LogP) is 3.63. The van der Waals surface area contributed by atoms with Gasteiger partial charge in [0.2, 0.25) is 0 Å². The molecule has 0 saturated heterocycles. The molecule has 3 nitrogen and oxygen atoms in total. The van der Waals surface area contributed by atoms with Gasteiger partial charge in [0.25, 0.3) is 0 Å². The highest BCUT2D eigenvalue weighted by molar-refractivity contribution is 5.23. The lowest BCUT2D eigenvalue weighted by atomic mass is 9.83. The number of aryl methyl sites for hydroxylation is 1. The molecule has 0 amide bonds. The second-order valence-electron chi connectivity index (χ2n) is 7.68. The Morgan fingerprint density at radius 3 is 2.50 bits per heavy atom. The monoisotopic (exact) mass is 277 g/mol. The quantitative estimate of drug-likeness (QED) is 0.910. The molecule has 1 aromatic rings. The molecule has 2 rings (SSSR count). The number of hydrogen-bond acceptors (Lipinski definition) is 2. The summed E-state index contributed by atoms with van der Waals surface area (Å²) in [7, 11) is 2.02. The van der Waals surface area contributed by atoms with Crippen molar-refractivity contribution in [3.05, 3.63) is 17.5 Å². The summed E-state index contributed by atoms with van der Waals surface area (Å²) < 4.78 is 1.94. The molecule has 1 aliphatic rings. The number of nitrogens with one attached hydrogen (secondary N) is 1. The molecule has 0 bridgehead atoms. The van der Waals surface area contributed by atoms with Crippen LogP contribution in [0.4, 0.5) is 0 Å². The molecule has 1 aliphatic carbocycles. The van der Waals surface area contributed by atoms with Crippen LogP contribution in [0.5, 0.6) is 0 Å². The molecule has 0 radical (unpaired) electrons. The van der Waals surface area contributed by atoms with Crippen molar-refractivity contribution >= 4 is 0 Å². The Morgan fingerprint density at radius 2 is 1.90 bits per heavy atom. The second-order valence-corrected chi connectivity index (χ2v) is 7.68. The van der Waals surface area contributed by atoms with Crippen molar-refractivity contribution in [2.75, 3.05) is 6.54 Å². The third-order valence-electron chi connectivity index (χ3n) is 4.50. The van der Waals surface area contributed by atoms with E-state index in [2.05, 4.69) is 44.3 Å². The summed E-state index contributed by atoms with van der Waals surface area (Å²) in [5.74, 6) is 1.82. The van der Waals surface area contributed by atoms with Crippen molar-refractivity contribution in [3.8, 4) is 0 Å². The van der Waals surface area contributed by atoms with Crippen LogP contribution in [0.15, 0.2) is 6.20 Å². The van der Waals surface area contributed by atoms with E-state index in [0.717, 1.165) is 24.9 Å². The lowest BCUT2D eigenvalue weighted by Crippen LogP contribution is -2.26. The standard InChI is InChI=1S/C17H31N3/c1-13-6-8-14(9-7-13)10-18-11-15-12-20(5)19-16(15)17(2,3)4/h12-14,18H,6-11H2,1-5H3. The van der Waals surface area contributed by atoms with E-state index in [1.807, 2.05) is 11.7 Å². The SMILES string of the molecule is CC1CCC(CNCc2cn(C)nc2C(C)(C)C)CC1. The Labute approximate surface area is 124 Å². The van der Waals surface area contributed by atoms with Gasteiger partial charge in [0.1, 0.15) is 0 Å². The summed E-state index contributed by atoms with van der Waals surface area (Å²) in [6.07, 6.45) is 7.77. The second kappa shape index (κ2) is 6.30. The zero-order valence-electron chi connectivity index (χ0n) is 13.9. The van der Waals surface area contributed by atoms with Crippen LogP contribution >= 0.6 is 0 Å². The van der Waals surface area contributed by atoms with Crippen LogP contribution in [-0.4, -0.2) is 16.3 Å². The highest BCUT2D eigenvalue weighted by atomic mass is 15.3. The first-order valence-corrected chi connectivity index (χ1v) is 8.10. The van der Waals surface area contributed by atoms with Gasteiger partial charge in [0.05, 0.1) is 5.69 Å². The molecule has 1 aromatic heterocycles. The van der Waals surface area contributed by atoms with Crippen LogP contribution in [0.1, 0.15) is 64.6 Å². The fraction of sp³-hybridized carbons (Fsp3) is 0.824. The minimum Gasteiger partial charge on any atom is -0.312 e. The molecule has 1 fully saturated rings. The summed E-state index contributed by atoms with van der Waals surface area (Å²) in [4.78, 5) is 0. The Kier molecular flexibility index (Phi) is 4.90. The Morgan fingerprint density at radius 1 is 1.25 bits per heavy atom. The van der Waals surface area contributed by atoms with Crippen molar-refractivity contribution in [1.29, 1.82) is 0 Å². The molecule has 0 atom stereocenters. The molecule has 1 N–H and O–H groups in total. The average molecular weight is 277 g/mol. The molecule has 3 heteroatoms. The van der Waals surface area contributed by atoms with Gasteiger partial charge >= 0.3 is 0 Å². The van der Waals surface area contributed by atoms with Crippen molar-refractivity contribution < 1.29 is 0 Å². The lowest BCUT2D eigenvalue weighted by molar-refractivity contribution is 0.281. The van der Waals surface area contributed by atoms with Crippen LogP contribution < -0.4 is 5.32 Å². The maximum atomic E-state index is 4.63. The van der Waals surface area contributed by atoms with E-state index in [4.69, 9.17) is 0 Å². The number of hydrogen-bond donors (Lipinski definition) is 1. The maximum Gasteiger partial charge on any atom is 0.0722 e. The Hall–Kier alpha value is -0.830. The first kappa shape index (κ1) is 15.6. The molecular formula is C17H31N3. The van der Waals surface area contributed by atoms with E-state index < -0.39 is 0 Å². The summed E-state index contributed by atoms with van der Waals surface area (Å²) in [5.41, 5.74) is 2.70. The van der Waals surface area contributed by atoms with Crippen molar-refractivity contribution in [2.24, 2.45) is 18.9 Å². The largest absolute Gasteiger partial charge is 0.312 e. The topological polar surface area (TPSA) is 29.9 Å². The average Bonchev–Trinajstić information content (AvgIpc) is 2.73. The third kappa shape index (κ3) is 4.08. The van der Waals surface area contributed by atoms with Gasteiger partial charge < -0.3 is 5.32 Å². The van der Waals surface area contributed by atoms with Crippen LogP contribution in [-0.2, 0) is 19.0 Å². The first-order chi connectivity index (χ1) is 9.36. The first-order valence-electron chi connectivity index (χ1n) is 8.10. The smallest absolute Gasteiger partial charge is 0.0722 e. The van der Waals surface area contributed by atoms with Crippen LogP contribution in [0.2, 0.25) is 0 Å². The van der Waals surface area contributed by atoms with Gasteiger partial charge in [-0.15, -0.1) is 0 Å². The minimum atomic E-state index is 0.124. The molecule has 0 aliphatic heterocycles. The zero-order valence-corrected chi connectivity index (χ0v) is 13.9. The van der Waals surface area contributed by atoms with E-state index in [1.165, 1.54) is 36.9 Å². The molecule has 1 heterocycles. The summed E-state index contributed by atoms with van der Waals surface area (Å²) in [6.45, 7) is 11.2. The number of nitrogens with zero attached hydrogens (tertiary/aromatic N) is 2. The van der Waals surface area contributed by atoms with Gasteiger partial charge in [-0.3, -0.25) is 4.68 Å². The van der Waals surface area contributed by atoms with Crippen molar-refractivity contribution in [2.45, 2.75) is 65.3 Å².